The second kappa shape index (κ2) is 5.87. The highest BCUT2D eigenvalue weighted by Gasteiger charge is 2.37. The first-order chi connectivity index (χ1) is 8.67. The van der Waals surface area contributed by atoms with E-state index in [-0.39, 0.29) is 11.9 Å². The molecule has 0 aromatic carbocycles. The standard InChI is InChI=1S/C15H26N2O/c1-2-7-13(16)14(18)17-11-6-10-15(12-17)8-4-3-5-9-15/h3-4,13H,2,5-12,16H2,1H3. The first kappa shape index (κ1) is 13.6. The number of hydrogen-bond donors (Lipinski definition) is 1. The number of allylic oxidation sites excluding steroid dienone is 2. The van der Waals surface area contributed by atoms with E-state index in [9.17, 15) is 4.79 Å². The summed E-state index contributed by atoms with van der Waals surface area (Å²) in [5.41, 5.74) is 6.33. The molecule has 18 heavy (non-hydrogen) atoms. The molecule has 1 aliphatic heterocycles. The van der Waals surface area contributed by atoms with Gasteiger partial charge in [0.1, 0.15) is 0 Å². The fourth-order valence-corrected chi connectivity index (χ4v) is 3.38. The monoisotopic (exact) mass is 250 g/mol. The summed E-state index contributed by atoms with van der Waals surface area (Å²) in [6.07, 6.45) is 12.3. The van der Waals surface area contributed by atoms with Crippen molar-refractivity contribution >= 4 is 5.91 Å². The Kier molecular flexibility index (Phi) is 4.44. The Balaban J connectivity index is 1.98. The molecule has 1 fully saturated rings. The van der Waals surface area contributed by atoms with Gasteiger partial charge in [0.2, 0.25) is 5.91 Å². The van der Waals surface area contributed by atoms with Crippen LogP contribution in [0.15, 0.2) is 12.2 Å². The van der Waals surface area contributed by atoms with Gasteiger partial charge in [-0.05, 0) is 43.9 Å². The molecule has 0 aromatic heterocycles. The SMILES string of the molecule is CCCC(N)C(=O)N1CCCC2(CC=CCC2)C1. The van der Waals surface area contributed by atoms with Crippen molar-refractivity contribution in [3.63, 3.8) is 0 Å². The molecule has 0 bridgehead atoms. The normalized spacial score (nSPS) is 29.6. The van der Waals surface area contributed by atoms with Gasteiger partial charge >= 0.3 is 0 Å². The molecule has 3 heteroatoms. The summed E-state index contributed by atoms with van der Waals surface area (Å²) < 4.78 is 0. The molecular formula is C15H26N2O. The van der Waals surface area contributed by atoms with Crippen molar-refractivity contribution in [1.82, 2.24) is 4.90 Å². The van der Waals surface area contributed by atoms with E-state index in [2.05, 4.69) is 19.1 Å². The van der Waals surface area contributed by atoms with Gasteiger partial charge in [-0.25, -0.2) is 0 Å². The molecule has 0 aromatic rings. The second-order valence-electron chi connectivity index (χ2n) is 5.97. The minimum absolute atomic E-state index is 0.172. The van der Waals surface area contributed by atoms with Crippen LogP contribution in [-0.2, 0) is 4.79 Å². The summed E-state index contributed by atoms with van der Waals surface area (Å²) in [4.78, 5) is 14.3. The van der Waals surface area contributed by atoms with Gasteiger partial charge in [0.05, 0.1) is 6.04 Å². The van der Waals surface area contributed by atoms with Gasteiger partial charge in [-0.15, -0.1) is 0 Å². The Bertz CT molecular complexity index is 326. The van der Waals surface area contributed by atoms with Gasteiger partial charge in [0.25, 0.3) is 0 Å². The number of nitrogens with zero attached hydrogens (tertiary/aromatic N) is 1. The number of rotatable bonds is 3. The van der Waals surface area contributed by atoms with Crippen LogP contribution >= 0.6 is 0 Å². The molecule has 1 saturated heterocycles. The number of nitrogens with two attached hydrogens (primary N) is 1. The maximum Gasteiger partial charge on any atom is 0.239 e. The summed E-state index contributed by atoms with van der Waals surface area (Å²) in [7, 11) is 0. The molecular weight excluding hydrogens is 224 g/mol. The fraction of sp³-hybridized carbons (Fsp3) is 0.800. The van der Waals surface area contributed by atoms with E-state index in [1.165, 1.54) is 19.3 Å². The molecule has 2 rings (SSSR count). The van der Waals surface area contributed by atoms with Gasteiger partial charge in [-0.1, -0.05) is 25.5 Å². The van der Waals surface area contributed by atoms with Crippen molar-refractivity contribution in [1.29, 1.82) is 0 Å². The zero-order valence-electron chi connectivity index (χ0n) is 11.5. The van der Waals surface area contributed by atoms with Crippen molar-refractivity contribution in [2.24, 2.45) is 11.1 Å². The van der Waals surface area contributed by atoms with Crippen LogP contribution < -0.4 is 5.73 Å². The summed E-state index contributed by atoms with van der Waals surface area (Å²) in [6, 6.07) is -0.288. The van der Waals surface area contributed by atoms with E-state index >= 15 is 0 Å². The van der Waals surface area contributed by atoms with Crippen molar-refractivity contribution < 1.29 is 4.79 Å². The molecule has 1 heterocycles. The average molecular weight is 250 g/mol. The van der Waals surface area contributed by atoms with E-state index in [1.807, 2.05) is 4.90 Å². The van der Waals surface area contributed by atoms with E-state index in [1.54, 1.807) is 0 Å². The predicted octanol–water partition coefficient (Wildman–Crippen LogP) is 2.46. The number of hydrogen-bond acceptors (Lipinski definition) is 2. The Hall–Kier alpha value is -0.830. The summed E-state index contributed by atoms with van der Waals surface area (Å²) in [5.74, 6) is 0.172. The maximum atomic E-state index is 12.3. The molecule has 2 atom stereocenters. The lowest BCUT2D eigenvalue weighted by Crippen LogP contribution is -2.51. The van der Waals surface area contributed by atoms with Crippen LogP contribution in [0.2, 0.25) is 0 Å². The number of carbonyl (C=O) groups excluding carboxylic acids is 1. The van der Waals surface area contributed by atoms with Crippen LogP contribution in [0.5, 0.6) is 0 Å². The topological polar surface area (TPSA) is 46.3 Å². The quantitative estimate of drug-likeness (QED) is 0.782. The zero-order chi connectivity index (χ0) is 13.0. The highest BCUT2D eigenvalue weighted by Crippen LogP contribution is 2.40. The molecule has 0 saturated carbocycles. The van der Waals surface area contributed by atoms with Crippen molar-refractivity contribution in [3.8, 4) is 0 Å². The van der Waals surface area contributed by atoms with Crippen molar-refractivity contribution in [2.45, 2.75) is 57.9 Å². The van der Waals surface area contributed by atoms with E-state index < -0.39 is 0 Å². The van der Waals surface area contributed by atoms with Gasteiger partial charge in [0.15, 0.2) is 0 Å². The summed E-state index contributed by atoms with van der Waals surface area (Å²) >= 11 is 0. The third-order valence-corrected chi connectivity index (χ3v) is 4.45. The first-order valence-electron chi connectivity index (χ1n) is 7.36. The molecule has 2 unspecified atom stereocenters. The molecule has 0 radical (unpaired) electrons. The lowest BCUT2D eigenvalue weighted by Gasteiger charge is -2.44. The van der Waals surface area contributed by atoms with Crippen LogP contribution in [0.4, 0.5) is 0 Å². The third-order valence-electron chi connectivity index (χ3n) is 4.45. The van der Waals surface area contributed by atoms with Crippen LogP contribution in [0.3, 0.4) is 0 Å². The van der Waals surface area contributed by atoms with Crippen LogP contribution in [-0.4, -0.2) is 29.9 Å². The first-order valence-corrected chi connectivity index (χ1v) is 7.36. The number of amides is 1. The number of piperidine rings is 1. The van der Waals surface area contributed by atoms with Crippen molar-refractivity contribution in [2.75, 3.05) is 13.1 Å². The third kappa shape index (κ3) is 2.94. The minimum Gasteiger partial charge on any atom is -0.341 e. The van der Waals surface area contributed by atoms with Gasteiger partial charge in [-0.2, -0.15) is 0 Å². The minimum atomic E-state index is -0.288. The van der Waals surface area contributed by atoms with Crippen molar-refractivity contribution in [3.05, 3.63) is 12.2 Å². The predicted molar refractivity (Wildman–Crippen MR) is 74.1 cm³/mol. The average Bonchev–Trinajstić information content (AvgIpc) is 2.39. The van der Waals surface area contributed by atoms with E-state index in [4.69, 9.17) is 5.73 Å². The van der Waals surface area contributed by atoms with E-state index in [0.717, 1.165) is 38.8 Å². The highest BCUT2D eigenvalue weighted by atomic mass is 16.2. The Labute approximate surface area is 110 Å². The van der Waals surface area contributed by atoms with Gasteiger partial charge < -0.3 is 10.6 Å². The zero-order valence-corrected chi connectivity index (χ0v) is 11.5. The lowest BCUT2D eigenvalue weighted by molar-refractivity contribution is -0.136. The summed E-state index contributed by atoms with van der Waals surface area (Å²) in [5, 5.41) is 0. The number of likely N-dealkylation sites (tertiary alicyclic amines) is 1. The Morgan fingerprint density at radius 1 is 1.44 bits per heavy atom. The molecule has 1 amide bonds. The molecule has 3 nitrogen and oxygen atoms in total. The number of carbonyl (C=O) groups is 1. The largest absolute Gasteiger partial charge is 0.341 e. The molecule has 102 valence electrons. The van der Waals surface area contributed by atoms with Crippen LogP contribution in [0.1, 0.15) is 51.9 Å². The molecule has 1 spiro atoms. The maximum absolute atomic E-state index is 12.3. The smallest absolute Gasteiger partial charge is 0.239 e. The molecule has 2 aliphatic rings. The highest BCUT2D eigenvalue weighted by molar-refractivity contribution is 5.81. The van der Waals surface area contributed by atoms with E-state index in [0.29, 0.717) is 5.41 Å². The lowest BCUT2D eigenvalue weighted by atomic mass is 9.71. The fourth-order valence-electron chi connectivity index (χ4n) is 3.38. The van der Waals surface area contributed by atoms with Gasteiger partial charge in [-0.3, -0.25) is 4.79 Å². The Morgan fingerprint density at radius 3 is 2.94 bits per heavy atom. The molecule has 2 N–H and O–H groups in total. The van der Waals surface area contributed by atoms with Crippen LogP contribution in [0, 0.1) is 5.41 Å². The van der Waals surface area contributed by atoms with Crippen LogP contribution in [0.25, 0.3) is 0 Å². The summed E-state index contributed by atoms with van der Waals surface area (Å²) in [6.45, 7) is 3.91. The Morgan fingerprint density at radius 2 is 2.28 bits per heavy atom. The van der Waals surface area contributed by atoms with Gasteiger partial charge in [0, 0.05) is 13.1 Å². The second-order valence-corrected chi connectivity index (χ2v) is 5.97. The molecule has 1 aliphatic carbocycles.